The monoisotopic (exact) mass is 488 g/mol. The van der Waals surface area contributed by atoms with Gasteiger partial charge in [0, 0.05) is 5.69 Å². The summed E-state index contributed by atoms with van der Waals surface area (Å²) in [6.45, 7) is 1.62. The molecule has 5 nitrogen and oxygen atoms in total. The third kappa shape index (κ3) is 4.88. The van der Waals surface area contributed by atoms with Crippen LogP contribution >= 0.6 is 34.9 Å². The van der Waals surface area contributed by atoms with Gasteiger partial charge in [0.2, 0.25) is 0 Å². The molecule has 2 heterocycles. The Morgan fingerprint density at radius 3 is 2.36 bits per heavy atom. The second-order valence-electron chi connectivity index (χ2n) is 7.33. The molecule has 33 heavy (non-hydrogen) atoms. The molecule has 0 unspecified atom stereocenters. The van der Waals surface area contributed by atoms with E-state index in [0.29, 0.717) is 10.9 Å². The summed E-state index contributed by atoms with van der Waals surface area (Å²) in [5.41, 5.74) is 2.95. The molecule has 0 amide bonds. The number of aromatic nitrogens is 4. The number of carbonyl (C=O) groups excluding carboxylic acids is 1. The molecular weight excluding hydrogens is 469 g/mol. The van der Waals surface area contributed by atoms with Gasteiger partial charge in [0.15, 0.2) is 9.50 Å². The highest BCUT2D eigenvalue weighted by molar-refractivity contribution is 8.00. The second kappa shape index (κ2) is 9.91. The molecule has 1 atom stereocenters. The number of benzene rings is 3. The van der Waals surface area contributed by atoms with E-state index in [4.69, 9.17) is 4.98 Å². The maximum atomic E-state index is 12.5. The molecule has 0 N–H and O–H groups in total. The zero-order chi connectivity index (χ0) is 22.6. The van der Waals surface area contributed by atoms with Gasteiger partial charge in [-0.05, 0) is 36.8 Å². The molecule has 164 valence electrons. The van der Waals surface area contributed by atoms with Crippen LogP contribution in [0.25, 0.3) is 15.9 Å². The Bertz CT molecular complexity index is 1350. The smallest absolute Gasteiger partial charge is 0.196 e. The normalized spacial score (nSPS) is 12.2. The zero-order valence-corrected chi connectivity index (χ0v) is 20.2. The van der Waals surface area contributed by atoms with Gasteiger partial charge in [-0.2, -0.15) is 0 Å². The van der Waals surface area contributed by atoms with Gasteiger partial charge < -0.3 is 0 Å². The topological polar surface area (TPSA) is 60.7 Å². The maximum Gasteiger partial charge on any atom is 0.196 e. The van der Waals surface area contributed by atoms with E-state index in [0.717, 1.165) is 26.9 Å². The Labute approximate surface area is 204 Å². The zero-order valence-electron chi connectivity index (χ0n) is 17.8. The number of carbonyl (C=O) groups is 1. The SMILES string of the molecule is CC(=O)[C@@H](Sc1nnc(CSc2nc3ccccc3s2)n1-c1ccccc1)c1ccccc1. The lowest BCUT2D eigenvalue weighted by atomic mass is 10.1. The third-order valence-electron chi connectivity index (χ3n) is 5.01. The number of thioether (sulfide) groups is 2. The number of para-hydroxylation sites is 2. The highest BCUT2D eigenvalue weighted by Gasteiger charge is 2.24. The largest absolute Gasteiger partial charge is 0.298 e. The summed E-state index contributed by atoms with van der Waals surface area (Å²) in [6, 6.07) is 28.0. The highest BCUT2D eigenvalue weighted by Crippen LogP contribution is 2.37. The lowest BCUT2D eigenvalue weighted by Gasteiger charge is -2.15. The Hall–Kier alpha value is -2.94. The van der Waals surface area contributed by atoms with E-state index in [-0.39, 0.29) is 11.0 Å². The number of hydrogen-bond donors (Lipinski definition) is 0. The summed E-state index contributed by atoms with van der Waals surface area (Å²) in [5, 5.41) is 9.35. The first kappa shape index (κ1) is 21.9. The third-order valence-corrected chi connectivity index (χ3v) is 8.50. The Kier molecular flexibility index (Phi) is 6.57. The summed E-state index contributed by atoms with van der Waals surface area (Å²) >= 11 is 4.77. The molecule has 2 aromatic heterocycles. The number of hydrogen-bond acceptors (Lipinski definition) is 7. The molecule has 0 aliphatic carbocycles. The molecule has 0 spiro atoms. The van der Waals surface area contributed by atoms with Crippen LogP contribution in [-0.2, 0) is 10.5 Å². The van der Waals surface area contributed by atoms with Crippen molar-refractivity contribution in [3.05, 3.63) is 96.3 Å². The van der Waals surface area contributed by atoms with Crippen LogP contribution < -0.4 is 0 Å². The van der Waals surface area contributed by atoms with Crippen molar-refractivity contribution < 1.29 is 4.79 Å². The Morgan fingerprint density at radius 1 is 0.939 bits per heavy atom. The molecule has 5 aromatic rings. The summed E-state index contributed by atoms with van der Waals surface area (Å²) < 4.78 is 4.22. The Balaban J connectivity index is 1.46. The summed E-state index contributed by atoms with van der Waals surface area (Å²) in [5.74, 6) is 1.53. The molecule has 3 aromatic carbocycles. The lowest BCUT2D eigenvalue weighted by Crippen LogP contribution is -2.08. The van der Waals surface area contributed by atoms with E-state index in [1.54, 1.807) is 30.0 Å². The summed E-state index contributed by atoms with van der Waals surface area (Å²) in [6.07, 6.45) is 0. The van der Waals surface area contributed by atoms with E-state index >= 15 is 0 Å². The van der Waals surface area contributed by atoms with Crippen LogP contribution in [0.5, 0.6) is 0 Å². The van der Waals surface area contributed by atoms with Crippen molar-refractivity contribution in [2.24, 2.45) is 0 Å². The van der Waals surface area contributed by atoms with Crippen LogP contribution in [-0.4, -0.2) is 25.5 Å². The summed E-state index contributed by atoms with van der Waals surface area (Å²) in [4.78, 5) is 17.2. The number of thiazole rings is 1. The van der Waals surface area contributed by atoms with E-state index in [2.05, 4.69) is 16.3 Å². The average Bonchev–Trinajstić information content (AvgIpc) is 3.45. The standard InChI is InChI=1S/C25H20N4OS3/c1-17(30)23(18-10-4-2-5-11-18)33-24-28-27-22(29(24)19-12-6-3-7-13-19)16-31-25-26-20-14-8-9-15-21(20)32-25/h2-15,23H,16H2,1H3/t23-/m1/s1. The lowest BCUT2D eigenvalue weighted by molar-refractivity contribution is -0.116. The Morgan fingerprint density at radius 2 is 1.64 bits per heavy atom. The second-order valence-corrected chi connectivity index (χ2v) is 10.7. The van der Waals surface area contributed by atoms with Gasteiger partial charge in [-0.1, -0.05) is 84.2 Å². The van der Waals surface area contributed by atoms with Crippen molar-refractivity contribution in [3.8, 4) is 5.69 Å². The quantitative estimate of drug-likeness (QED) is 0.230. The van der Waals surface area contributed by atoms with Crippen LogP contribution in [0.15, 0.2) is 94.4 Å². The average molecular weight is 489 g/mol. The van der Waals surface area contributed by atoms with Gasteiger partial charge in [0.1, 0.15) is 11.6 Å². The molecule has 0 fully saturated rings. The molecule has 0 aliphatic rings. The van der Waals surface area contributed by atoms with Gasteiger partial charge in [0.25, 0.3) is 0 Å². The van der Waals surface area contributed by atoms with Crippen LogP contribution in [0.1, 0.15) is 23.6 Å². The van der Waals surface area contributed by atoms with Gasteiger partial charge in [-0.3, -0.25) is 9.36 Å². The van der Waals surface area contributed by atoms with E-state index in [1.165, 1.54) is 16.5 Å². The summed E-state index contributed by atoms with van der Waals surface area (Å²) in [7, 11) is 0. The number of Topliss-reactive ketones (excluding diaryl/α,β-unsaturated/α-hetero) is 1. The first-order chi connectivity index (χ1) is 16.2. The van der Waals surface area contributed by atoms with E-state index < -0.39 is 0 Å². The van der Waals surface area contributed by atoms with Gasteiger partial charge >= 0.3 is 0 Å². The predicted octanol–water partition coefficient (Wildman–Crippen LogP) is 6.59. The van der Waals surface area contributed by atoms with Crippen molar-refractivity contribution >= 4 is 50.9 Å². The van der Waals surface area contributed by atoms with Crippen LogP contribution in [0.4, 0.5) is 0 Å². The molecule has 0 aliphatic heterocycles. The van der Waals surface area contributed by atoms with Gasteiger partial charge in [-0.15, -0.1) is 21.5 Å². The number of rotatable bonds is 8. The first-order valence-electron chi connectivity index (χ1n) is 10.4. The van der Waals surface area contributed by atoms with Crippen molar-refractivity contribution in [3.63, 3.8) is 0 Å². The predicted molar refractivity (Wildman–Crippen MR) is 136 cm³/mol. The molecule has 0 saturated heterocycles. The van der Waals surface area contributed by atoms with Crippen molar-refractivity contribution in [2.75, 3.05) is 0 Å². The molecule has 0 saturated carbocycles. The number of ketones is 1. The van der Waals surface area contributed by atoms with Crippen LogP contribution in [0, 0.1) is 0 Å². The van der Waals surface area contributed by atoms with E-state index in [9.17, 15) is 4.79 Å². The van der Waals surface area contributed by atoms with Crippen molar-refractivity contribution in [1.29, 1.82) is 0 Å². The maximum absolute atomic E-state index is 12.5. The molecule has 5 rings (SSSR count). The molecule has 0 radical (unpaired) electrons. The van der Waals surface area contributed by atoms with Gasteiger partial charge in [-0.25, -0.2) is 4.98 Å². The fourth-order valence-corrected chi connectivity index (χ4v) is 6.52. The number of fused-ring (bicyclic) bond motifs is 1. The minimum Gasteiger partial charge on any atom is -0.298 e. The highest BCUT2D eigenvalue weighted by atomic mass is 32.2. The fraction of sp³-hybridized carbons (Fsp3) is 0.120. The van der Waals surface area contributed by atoms with Crippen LogP contribution in [0.3, 0.4) is 0 Å². The van der Waals surface area contributed by atoms with Gasteiger partial charge in [0.05, 0.1) is 21.2 Å². The fourth-order valence-electron chi connectivity index (χ4n) is 3.46. The van der Waals surface area contributed by atoms with Crippen molar-refractivity contribution in [1.82, 2.24) is 19.7 Å². The minimum absolute atomic E-state index is 0.0826. The molecule has 8 heteroatoms. The van der Waals surface area contributed by atoms with Crippen molar-refractivity contribution in [2.45, 2.75) is 27.4 Å². The minimum atomic E-state index is -0.345. The van der Waals surface area contributed by atoms with Crippen LogP contribution in [0.2, 0.25) is 0 Å². The molecule has 0 bridgehead atoms. The first-order valence-corrected chi connectivity index (χ1v) is 13.1. The number of nitrogens with zero attached hydrogens (tertiary/aromatic N) is 4. The van der Waals surface area contributed by atoms with E-state index in [1.807, 2.05) is 83.4 Å². The molecular formula is C25H20N4OS3.